The van der Waals surface area contributed by atoms with Crippen molar-refractivity contribution in [1.82, 2.24) is 0 Å². The molecule has 0 saturated heterocycles. The van der Waals surface area contributed by atoms with Crippen molar-refractivity contribution in [2.24, 2.45) is 0 Å². The first-order valence-electron chi connectivity index (χ1n) is 8.15. The highest BCUT2D eigenvalue weighted by Gasteiger charge is 1.98. The van der Waals surface area contributed by atoms with Gasteiger partial charge in [0.2, 0.25) is 0 Å². The topological polar surface area (TPSA) is 0 Å². The zero-order valence-electron chi connectivity index (χ0n) is 14.6. The van der Waals surface area contributed by atoms with Crippen LogP contribution in [-0.4, -0.2) is 5.88 Å². The van der Waals surface area contributed by atoms with Crippen LogP contribution >= 0.6 is 11.6 Å². The van der Waals surface area contributed by atoms with Crippen LogP contribution in [0.4, 0.5) is 0 Å². The Labute approximate surface area is 141 Å². The number of alkyl halides is 1. The van der Waals surface area contributed by atoms with Gasteiger partial charge in [0.05, 0.1) is 0 Å². The van der Waals surface area contributed by atoms with Crippen LogP contribution in [0.1, 0.15) is 61.8 Å². The van der Waals surface area contributed by atoms with Crippen molar-refractivity contribution in [3.8, 4) is 0 Å². The van der Waals surface area contributed by atoms with Crippen molar-refractivity contribution in [3.05, 3.63) is 70.8 Å². The van der Waals surface area contributed by atoms with E-state index < -0.39 is 0 Å². The highest BCUT2D eigenvalue weighted by molar-refractivity contribution is 6.17. The number of halogens is 1. The van der Waals surface area contributed by atoms with E-state index in [1.54, 1.807) is 0 Å². The molecule has 120 valence electrons. The second-order valence-electron chi connectivity index (χ2n) is 6.40. The summed E-state index contributed by atoms with van der Waals surface area (Å²) in [6.45, 7) is 11.0. The van der Waals surface area contributed by atoms with E-state index in [-0.39, 0.29) is 0 Å². The molecule has 0 aliphatic rings. The van der Waals surface area contributed by atoms with Crippen LogP contribution in [0.15, 0.2) is 48.5 Å². The fourth-order valence-electron chi connectivity index (χ4n) is 2.13. The summed E-state index contributed by atoms with van der Waals surface area (Å²) >= 11 is 5.64. The summed E-state index contributed by atoms with van der Waals surface area (Å²) in [7, 11) is 0. The summed E-state index contributed by atoms with van der Waals surface area (Å²) in [6.07, 6.45) is 0.972. The largest absolute Gasteiger partial charge is 0.126 e. The van der Waals surface area contributed by atoms with E-state index in [4.69, 9.17) is 11.6 Å². The van der Waals surface area contributed by atoms with Crippen LogP contribution in [0.5, 0.6) is 0 Å². The second kappa shape index (κ2) is 9.69. The van der Waals surface area contributed by atoms with E-state index in [0.717, 1.165) is 6.42 Å². The molecule has 0 saturated carbocycles. The van der Waals surface area contributed by atoms with Gasteiger partial charge < -0.3 is 0 Å². The number of hydrogen-bond acceptors (Lipinski definition) is 0. The Morgan fingerprint density at radius 2 is 1.14 bits per heavy atom. The molecule has 0 heterocycles. The van der Waals surface area contributed by atoms with Crippen LogP contribution in [0, 0.1) is 6.92 Å². The summed E-state index contributed by atoms with van der Waals surface area (Å²) in [6, 6.07) is 17.4. The predicted octanol–water partition coefficient (Wildman–Crippen LogP) is 6.71. The smallest absolute Gasteiger partial charge is 0.0263 e. The van der Waals surface area contributed by atoms with E-state index in [9.17, 15) is 0 Å². The van der Waals surface area contributed by atoms with Gasteiger partial charge in [0.15, 0.2) is 0 Å². The Kier molecular flexibility index (Phi) is 8.27. The SMILES string of the molecule is CC(C)c1ccc(CCCl)cc1.Cc1ccc(C(C)C)cc1. The number of hydrogen-bond donors (Lipinski definition) is 0. The minimum Gasteiger partial charge on any atom is -0.126 e. The first-order chi connectivity index (χ1) is 10.4. The first kappa shape index (κ1) is 18.8. The average Bonchev–Trinajstić information content (AvgIpc) is 2.49. The van der Waals surface area contributed by atoms with Crippen LogP contribution in [0.25, 0.3) is 0 Å². The van der Waals surface area contributed by atoms with Gasteiger partial charge in [0.25, 0.3) is 0 Å². The summed E-state index contributed by atoms with van der Waals surface area (Å²) in [5.74, 6) is 1.98. The van der Waals surface area contributed by atoms with E-state index in [1.807, 2.05) is 0 Å². The van der Waals surface area contributed by atoms with Gasteiger partial charge in [-0.3, -0.25) is 0 Å². The lowest BCUT2D eigenvalue weighted by molar-refractivity contribution is 0.865. The molecule has 0 N–H and O–H groups in total. The quantitative estimate of drug-likeness (QED) is 0.550. The van der Waals surface area contributed by atoms with Crippen molar-refractivity contribution >= 4 is 11.6 Å². The maximum Gasteiger partial charge on any atom is 0.0263 e. The molecule has 0 nitrogen and oxygen atoms in total. The lowest BCUT2D eigenvalue weighted by atomic mass is 10.0. The lowest BCUT2D eigenvalue weighted by Gasteiger charge is -2.05. The predicted molar refractivity (Wildman–Crippen MR) is 100 cm³/mol. The molecule has 0 aromatic heterocycles. The molecule has 0 atom stereocenters. The molecular weight excluding hydrogens is 288 g/mol. The van der Waals surface area contributed by atoms with E-state index in [1.165, 1.54) is 22.3 Å². The highest BCUT2D eigenvalue weighted by atomic mass is 35.5. The maximum atomic E-state index is 5.64. The minimum absolute atomic E-state index is 0.620. The van der Waals surface area contributed by atoms with Gasteiger partial charge in [-0.05, 0) is 41.9 Å². The number of aryl methyl sites for hydroxylation is 2. The molecule has 1 heteroatoms. The molecule has 0 aliphatic carbocycles. The van der Waals surface area contributed by atoms with Gasteiger partial charge in [-0.2, -0.15) is 0 Å². The molecule has 2 aromatic rings. The zero-order chi connectivity index (χ0) is 16.5. The fourth-order valence-corrected chi connectivity index (χ4v) is 2.35. The van der Waals surface area contributed by atoms with Gasteiger partial charge in [0.1, 0.15) is 0 Å². The van der Waals surface area contributed by atoms with Crippen LogP contribution in [0.3, 0.4) is 0 Å². The summed E-state index contributed by atoms with van der Waals surface area (Å²) in [5, 5.41) is 0. The molecule has 2 aromatic carbocycles. The van der Waals surface area contributed by atoms with Crippen molar-refractivity contribution in [1.29, 1.82) is 0 Å². The van der Waals surface area contributed by atoms with Gasteiger partial charge >= 0.3 is 0 Å². The highest BCUT2D eigenvalue weighted by Crippen LogP contribution is 2.15. The number of rotatable bonds is 4. The molecule has 0 amide bonds. The monoisotopic (exact) mass is 316 g/mol. The molecule has 2 rings (SSSR count). The first-order valence-corrected chi connectivity index (χ1v) is 8.68. The van der Waals surface area contributed by atoms with Crippen molar-refractivity contribution < 1.29 is 0 Å². The molecule has 22 heavy (non-hydrogen) atoms. The summed E-state index contributed by atoms with van der Waals surface area (Å²) in [5.41, 5.74) is 5.48. The normalized spacial score (nSPS) is 10.5. The second-order valence-corrected chi connectivity index (χ2v) is 6.78. The van der Waals surface area contributed by atoms with Crippen LogP contribution in [-0.2, 0) is 6.42 Å². The number of benzene rings is 2. The lowest BCUT2D eigenvalue weighted by Crippen LogP contribution is -1.89. The van der Waals surface area contributed by atoms with Gasteiger partial charge in [-0.25, -0.2) is 0 Å². The summed E-state index contributed by atoms with van der Waals surface area (Å²) < 4.78 is 0. The molecule has 0 fully saturated rings. The maximum absolute atomic E-state index is 5.64. The zero-order valence-corrected chi connectivity index (χ0v) is 15.3. The Balaban J connectivity index is 0.000000224. The Morgan fingerprint density at radius 1 is 0.727 bits per heavy atom. The van der Waals surface area contributed by atoms with Gasteiger partial charge in [-0.15, -0.1) is 11.6 Å². The third kappa shape index (κ3) is 6.66. The van der Waals surface area contributed by atoms with Crippen molar-refractivity contribution in [3.63, 3.8) is 0 Å². The molecular formula is C21H29Cl. The van der Waals surface area contributed by atoms with Crippen molar-refractivity contribution in [2.45, 2.75) is 52.9 Å². The van der Waals surface area contributed by atoms with E-state index in [2.05, 4.69) is 83.1 Å². The molecule has 0 bridgehead atoms. The van der Waals surface area contributed by atoms with Crippen LogP contribution < -0.4 is 0 Å². The summed E-state index contributed by atoms with van der Waals surface area (Å²) in [4.78, 5) is 0. The Bertz CT molecular complexity index is 521. The van der Waals surface area contributed by atoms with E-state index >= 15 is 0 Å². The van der Waals surface area contributed by atoms with Gasteiger partial charge in [-0.1, -0.05) is 81.8 Å². The van der Waals surface area contributed by atoms with Crippen molar-refractivity contribution in [2.75, 3.05) is 5.88 Å². The third-order valence-corrected chi connectivity index (χ3v) is 3.96. The molecule has 0 aliphatic heterocycles. The van der Waals surface area contributed by atoms with Crippen LogP contribution in [0.2, 0.25) is 0 Å². The average molecular weight is 317 g/mol. The minimum atomic E-state index is 0.620. The third-order valence-electron chi connectivity index (χ3n) is 3.77. The van der Waals surface area contributed by atoms with E-state index in [0.29, 0.717) is 17.7 Å². The molecule has 0 spiro atoms. The Morgan fingerprint density at radius 3 is 1.50 bits per heavy atom. The van der Waals surface area contributed by atoms with Gasteiger partial charge in [0, 0.05) is 5.88 Å². The molecule has 0 unspecified atom stereocenters. The fraction of sp³-hybridized carbons (Fsp3) is 0.429. The standard InChI is InChI=1S/C11H15Cl.C10H14/c1-9(2)11-5-3-10(4-6-11)7-8-12;1-8(2)10-6-4-9(3)5-7-10/h3-6,9H,7-8H2,1-2H3;4-8H,1-3H3. The molecule has 0 radical (unpaired) electrons. The Hall–Kier alpha value is -1.27.